The average molecular weight is 304 g/mol. The SMILES string of the molecule is O=C(O)C1C2Oc3ccccc3C21CCOC1CCCCO1. The summed E-state index contributed by atoms with van der Waals surface area (Å²) in [7, 11) is 0. The van der Waals surface area contributed by atoms with Crippen molar-refractivity contribution in [2.45, 2.75) is 43.5 Å². The van der Waals surface area contributed by atoms with E-state index in [9.17, 15) is 9.90 Å². The summed E-state index contributed by atoms with van der Waals surface area (Å²) in [6, 6.07) is 7.75. The van der Waals surface area contributed by atoms with Gasteiger partial charge in [0.15, 0.2) is 6.29 Å². The molecule has 1 N–H and O–H groups in total. The Kier molecular flexibility index (Phi) is 3.35. The van der Waals surface area contributed by atoms with Gasteiger partial charge in [-0.1, -0.05) is 18.2 Å². The third-order valence-corrected chi connectivity index (χ3v) is 5.12. The van der Waals surface area contributed by atoms with Crippen LogP contribution in [0.5, 0.6) is 5.75 Å². The Bertz CT molecular complexity index is 580. The van der Waals surface area contributed by atoms with Gasteiger partial charge < -0.3 is 19.3 Å². The van der Waals surface area contributed by atoms with E-state index < -0.39 is 17.3 Å². The molecule has 4 rings (SSSR count). The molecule has 5 nitrogen and oxygen atoms in total. The van der Waals surface area contributed by atoms with Crippen LogP contribution < -0.4 is 4.74 Å². The molecule has 118 valence electrons. The van der Waals surface area contributed by atoms with Gasteiger partial charge in [0.25, 0.3) is 0 Å². The van der Waals surface area contributed by atoms with Crippen molar-refractivity contribution in [1.29, 1.82) is 0 Å². The molecule has 0 aromatic heterocycles. The van der Waals surface area contributed by atoms with Crippen LogP contribution in [0, 0.1) is 5.92 Å². The predicted molar refractivity (Wildman–Crippen MR) is 77.8 cm³/mol. The molecule has 0 spiro atoms. The minimum atomic E-state index is -0.784. The first-order valence-corrected chi connectivity index (χ1v) is 7.95. The monoisotopic (exact) mass is 304 g/mol. The Balaban J connectivity index is 1.47. The summed E-state index contributed by atoms with van der Waals surface area (Å²) in [5.41, 5.74) is 0.595. The molecule has 3 aliphatic rings. The molecule has 1 aromatic carbocycles. The fourth-order valence-electron chi connectivity index (χ4n) is 3.97. The van der Waals surface area contributed by atoms with Crippen LogP contribution in [0.3, 0.4) is 0 Å². The highest BCUT2D eigenvalue weighted by molar-refractivity contribution is 5.81. The van der Waals surface area contributed by atoms with E-state index in [-0.39, 0.29) is 12.4 Å². The zero-order valence-corrected chi connectivity index (χ0v) is 12.4. The van der Waals surface area contributed by atoms with E-state index in [2.05, 4.69) is 0 Å². The highest BCUT2D eigenvalue weighted by Gasteiger charge is 2.75. The molecule has 0 amide bonds. The predicted octanol–water partition coefficient (Wildman–Crippen LogP) is 2.33. The molecular weight excluding hydrogens is 284 g/mol. The number of rotatable bonds is 5. The highest BCUT2D eigenvalue weighted by atomic mass is 16.7. The number of para-hydroxylation sites is 1. The minimum Gasteiger partial charge on any atom is -0.488 e. The van der Waals surface area contributed by atoms with E-state index in [0.717, 1.165) is 37.2 Å². The second-order valence-electron chi connectivity index (χ2n) is 6.31. The number of carbonyl (C=O) groups is 1. The first kappa shape index (κ1) is 14.0. The van der Waals surface area contributed by atoms with Gasteiger partial charge in [-0.25, -0.2) is 0 Å². The highest BCUT2D eigenvalue weighted by Crippen LogP contribution is 2.65. The summed E-state index contributed by atoms with van der Waals surface area (Å²) in [6.07, 6.45) is 3.41. The van der Waals surface area contributed by atoms with Gasteiger partial charge in [-0.15, -0.1) is 0 Å². The van der Waals surface area contributed by atoms with Gasteiger partial charge in [-0.2, -0.15) is 0 Å². The number of hydrogen-bond donors (Lipinski definition) is 1. The van der Waals surface area contributed by atoms with E-state index in [1.165, 1.54) is 0 Å². The zero-order chi connectivity index (χ0) is 15.2. The Labute approximate surface area is 129 Å². The molecule has 1 saturated carbocycles. The fourth-order valence-corrected chi connectivity index (χ4v) is 3.97. The van der Waals surface area contributed by atoms with Crippen LogP contribution in [0.2, 0.25) is 0 Å². The smallest absolute Gasteiger partial charge is 0.311 e. The number of fused-ring (bicyclic) bond motifs is 3. The van der Waals surface area contributed by atoms with Gasteiger partial charge in [0, 0.05) is 12.2 Å². The molecule has 4 atom stereocenters. The summed E-state index contributed by atoms with van der Waals surface area (Å²) in [4.78, 5) is 11.5. The molecule has 2 heterocycles. The topological polar surface area (TPSA) is 65.0 Å². The van der Waals surface area contributed by atoms with E-state index in [1.807, 2.05) is 24.3 Å². The molecule has 5 heteroatoms. The molecule has 0 radical (unpaired) electrons. The molecule has 1 aliphatic carbocycles. The third-order valence-electron chi connectivity index (χ3n) is 5.12. The van der Waals surface area contributed by atoms with Gasteiger partial charge in [0.05, 0.1) is 12.0 Å². The summed E-state index contributed by atoms with van der Waals surface area (Å²) in [6.45, 7) is 1.25. The van der Waals surface area contributed by atoms with Crippen LogP contribution in [-0.4, -0.2) is 36.7 Å². The maximum Gasteiger partial charge on any atom is 0.311 e. The van der Waals surface area contributed by atoms with Crippen LogP contribution in [0.15, 0.2) is 24.3 Å². The minimum absolute atomic E-state index is 0.136. The van der Waals surface area contributed by atoms with Crippen molar-refractivity contribution >= 4 is 5.97 Å². The van der Waals surface area contributed by atoms with Crippen molar-refractivity contribution in [1.82, 2.24) is 0 Å². The van der Waals surface area contributed by atoms with Crippen LogP contribution >= 0.6 is 0 Å². The molecule has 0 bridgehead atoms. The number of carboxylic acids is 1. The first-order valence-electron chi connectivity index (χ1n) is 7.95. The average Bonchev–Trinajstić information content (AvgIpc) is 3.06. The lowest BCUT2D eigenvalue weighted by Gasteiger charge is -2.23. The second-order valence-corrected chi connectivity index (χ2v) is 6.31. The first-order chi connectivity index (χ1) is 10.7. The standard InChI is InChI=1S/C17H20O5/c18-16(19)14-15-17(14,11-5-1-2-6-12(11)22-15)8-10-21-13-7-3-4-9-20-13/h1-2,5-6,13-15H,3-4,7-10H2,(H,18,19). The quantitative estimate of drug-likeness (QED) is 0.904. The number of carboxylic acid groups (broad SMARTS) is 1. The summed E-state index contributed by atoms with van der Waals surface area (Å²) >= 11 is 0. The number of aliphatic carboxylic acids is 1. The Hall–Kier alpha value is -1.59. The van der Waals surface area contributed by atoms with Crippen molar-refractivity contribution in [3.05, 3.63) is 29.8 Å². The zero-order valence-electron chi connectivity index (χ0n) is 12.4. The molecule has 1 aromatic rings. The van der Waals surface area contributed by atoms with Gasteiger partial charge in [-0.05, 0) is 31.7 Å². The van der Waals surface area contributed by atoms with Gasteiger partial charge in [-0.3, -0.25) is 4.79 Å². The Morgan fingerprint density at radius 1 is 1.36 bits per heavy atom. The van der Waals surface area contributed by atoms with E-state index in [0.29, 0.717) is 13.0 Å². The molecule has 1 saturated heterocycles. The lowest BCUT2D eigenvalue weighted by atomic mass is 9.90. The summed E-state index contributed by atoms with van der Waals surface area (Å²) in [5.74, 6) is -0.425. The largest absolute Gasteiger partial charge is 0.488 e. The third kappa shape index (κ3) is 2.03. The van der Waals surface area contributed by atoms with E-state index in [4.69, 9.17) is 14.2 Å². The van der Waals surface area contributed by atoms with Crippen molar-refractivity contribution in [3.8, 4) is 5.75 Å². The van der Waals surface area contributed by atoms with Crippen LogP contribution in [0.1, 0.15) is 31.2 Å². The van der Waals surface area contributed by atoms with Crippen LogP contribution in [0.4, 0.5) is 0 Å². The maximum absolute atomic E-state index is 11.5. The number of hydrogen-bond acceptors (Lipinski definition) is 4. The summed E-state index contributed by atoms with van der Waals surface area (Å²) in [5, 5.41) is 9.45. The van der Waals surface area contributed by atoms with Crippen molar-refractivity contribution in [3.63, 3.8) is 0 Å². The molecule has 4 unspecified atom stereocenters. The van der Waals surface area contributed by atoms with Gasteiger partial charge in [0.1, 0.15) is 17.8 Å². The van der Waals surface area contributed by atoms with E-state index >= 15 is 0 Å². The fraction of sp³-hybridized carbons (Fsp3) is 0.588. The molecule has 22 heavy (non-hydrogen) atoms. The van der Waals surface area contributed by atoms with Gasteiger partial charge >= 0.3 is 5.97 Å². The van der Waals surface area contributed by atoms with Crippen molar-refractivity contribution in [2.24, 2.45) is 5.92 Å². The lowest BCUT2D eigenvalue weighted by Crippen LogP contribution is -2.25. The number of ether oxygens (including phenoxy) is 3. The normalized spacial score (nSPS) is 35.4. The Morgan fingerprint density at radius 3 is 3.00 bits per heavy atom. The van der Waals surface area contributed by atoms with E-state index in [1.54, 1.807) is 0 Å². The van der Waals surface area contributed by atoms with Crippen molar-refractivity contribution in [2.75, 3.05) is 13.2 Å². The molecular formula is C17H20O5. The summed E-state index contributed by atoms with van der Waals surface area (Å²) < 4.78 is 17.2. The van der Waals surface area contributed by atoms with Gasteiger partial charge in [0.2, 0.25) is 0 Å². The lowest BCUT2D eigenvalue weighted by molar-refractivity contribution is -0.163. The Morgan fingerprint density at radius 2 is 2.23 bits per heavy atom. The number of benzene rings is 1. The molecule has 2 fully saturated rings. The van der Waals surface area contributed by atoms with Crippen LogP contribution in [-0.2, 0) is 19.7 Å². The van der Waals surface area contributed by atoms with Crippen molar-refractivity contribution < 1.29 is 24.1 Å². The van der Waals surface area contributed by atoms with Crippen LogP contribution in [0.25, 0.3) is 0 Å². The molecule has 2 aliphatic heterocycles. The second kappa shape index (κ2) is 5.25. The maximum atomic E-state index is 11.5.